The van der Waals surface area contributed by atoms with E-state index >= 15 is 0 Å². The molecule has 0 amide bonds. The van der Waals surface area contributed by atoms with Gasteiger partial charge in [0.25, 0.3) is 0 Å². The molecule has 0 aliphatic rings. The Hall–Kier alpha value is 0.227. The minimum Gasteiger partial charge on any atom is -0.748 e. The number of hydrogen-bond donors (Lipinski definition) is 0. The van der Waals surface area contributed by atoms with E-state index in [-0.39, 0.29) is 31.7 Å². The molecule has 9 heteroatoms. The Kier molecular flexibility index (Phi) is 10.6. The summed E-state index contributed by atoms with van der Waals surface area (Å²) in [6.45, 7) is -0.683. The second-order valence-corrected chi connectivity index (χ2v) is 4.83. The van der Waals surface area contributed by atoms with Gasteiger partial charge in [0, 0.05) is 0 Å². The summed E-state index contributed by atoms with van der Waals surface area (Å²) in [6, 6.07) is 0. The predicted octanol–water partition coefficient (Wildman–Crippen LogP) is -1.31. The third-order valence-electron chi connectivity index (χ3n) is 1.92. The molecule has 98 valence electrons. The van der Waals surface area contributed by atoms with Crippen LogP contribution in [0.2, 0.25) is 0 Å². The van der Waals surface area contributed by atoms with Gasteiger partial charge in [-0.1, -0.05) is 0 Å². The van der Waals surface area contributed by atoms with Crippen LogP contribution in [0.3, 0.4) is 0 Å². The quantitative estimate of drug-likeness (QED) is 0.239. The van der Waals surface area contributed by atoms with Crippen molar-refractivity contribution in [3.63, 3.8) is 0 Å². The molecule has 0 fully saturated rings. The zero-order valence-corrected chi connectivity index (χ0v) is 10.2. The second kappa shape index (κ2) is 9.20. The molecule has 0 heterocycles. The summed E-state index contributed by atoms with van der Waals surface area (Å²) < 4.78 is 80.5. The van der Waals surface area contributed by atoms with Crippen LogP contribution >= 0.6 is 0 Å². The van der Waals surface area contributed by atoms with Crippen LogP contribution in [-0.4, -0.2) is 43.9 Å². The Morgan fingerprint density at radius 1 is 1.06 bits per heavy atom. The summed E-state index contributed by atoms with van der Waals surface area (Å²) in [5.74, 6) is -1.59. The SMILES string of the molecule is O=S(=O)([O-])CC(F)C(F)C(F)CCCCF.[Li+]. The van der Waals surface area contributed by atoms with Crippen LogP contribution in [0.15, 0.2) is 0 Å². The van der Waals surface area contributed by atoms with E-state index in [0.29, 0.717) is 0 Å². The van der Waals surface area contributed by atoms with Gasteiger partial charge in [-0.05, 0) is 19.3 Å². The second-order valence-electron chi connectivity index (χ2n) is 3.39. The molecule has 0 N–H and O–H groups in total. The van der Waals surface area contributed by atoms with Gasteiger partial charge >= 0.3 is 18.9 Å². The molecule has 3 unspecified atom stereocenters. The van der Waals surface area contributed by atoms with Crippen molar-refractivity contribution in [3.05, 3.63) is 0 Å². The van der Waals surface area contributed by atoms with E-state index in [1.54, 1.807) is 0 Å². The Morgan fingerprint density at radius 2 is 1.59 bits per heavy atom. The van der Waals surface area contributed by atoms with Gasteiger partial charge in [0.1, 0.15) is 12.3 Å². The number of hydrogen-bond acceptors (Lipinski definition) is 3. The summed E-state index contributed by atoms with van der Waals surface area (Å²) >= 11 is 0. The van der Waals surface area contributed by atoms with Crippen LogP contribution in [0.5, 0.6) is 0 Å². The Morgan fingerprint density at radius 3 is 2.00 bits per heavy atom. The number of unbranched alkanes of at least 4 members (excludes halogenated alkanes) is 1. The molecule has 0 saturated heterocycles. The van der Waals surface area contributed by atoms with Gasteiger partial charge in [0.2, 0.25) is 0 Å². The number of alkyl halides is 4. The number of halogens is 4. The average molecular weight is 272 g/mol. The van der Waals surface area contributed by atoms with E-state index in [0.717, 1.165) is 0 Å². The molecule has 0 aliphatic heterocycles. The molecule has 0 rings (SSSR count). The van der Waals surface area contributed by atoms with Gasteiger partial charge in [0.05, 0.1) is 22.5 Å². The van der Waals surface area contributed by atoms with E-state index in [1.807, 2.05) is 0 Å². The molecule has 0 radical (unpaired) electrons. The van der Waals surface area contributed by atoms with E-state index in [9.17, 15) is 30.5 Å². The largest absolute Gasteiger partial charge is 1.00 e. The maximum atomic E-state index is 12.9. The normalized spacial score (nSPS) is 17.0. The molecule has 0 aliphatic carbocycles. The van der Waals surface area contributed by atoms with Crippen molar-refractivity contribution in [1.29, 1.82) is 0 Å². The molecule has 0 aromatic carbocycles. The van der Waals surface area contributed by atoms with Crippen molar-refractivity contribution < 1.29 is 49.4 Å². The maximum absolute atomic E-state index is 12.9. The Labute approximate surface area is 110 Å². The summed E-state index contributed by atoms with van der Waals surface area (Å²) in [5.41, 5.74) is 0. The summed E-state index contributed by atoms with van der Waals surface area (Å²) in [4.78, 5) is 0. The van der Waals surface area contributed by atoms with Gasteiger partial charge in [0.15, 0.2) is 6.17 Å². The van der Waals surface area contributed by atoms with Gasteiger partial charge in [-0.2, -0.15) is 0 Å². The van der Waals surface area contributed by atoms with Gasteiger partial charge < -0.3 is 4.55 Å². The predicted molar refractivity (Wildman–Crippen MR) is 49.1 cm³/mol. The van der Waals surface area contributed by atoms with Crippen molar-refractivity contribution >= 4 is 10.1 Å². The third kappa shape index (κ3) is 9.89. The summed E-state index contributed by atoms with van der Waals surface area (Å²) in [7, 11) is -4.92. The van der Waals surface area contributed by atoms with Crippen LogP contribution in [0, 0.1) is 0 Å². The smallest absolute Gasteiger partial charge is 0.748 e. The monoisotopic (exact) mass is 272 g/mol. The fourth-order valence-electron chi connectivity index (χ4n) is 1.11. The fraction of sp³-hybridized carbons (Fsp3) is 1.00. The molecular weight excluding hydrogens is 259 g/mol. The molecule has 3 atom stereocenters. The molecule has 0 bridgehead atoms. The molecule has 0 saturated carbocycles. The van der Waals surface area contributed by atoms with Crippen LogP contribution in [0.1, 0.15) is 19.3 Å². The zero-order chi connectivity index (χ0) is 12.8. The minimum absolute atomic E-state index is 0. The van der Waals surface area contributed by atoms with E-state index in [4.69, 9.17) is 0 Å². The van der Waals surface area contributed by atoms with E-state index < -0.39 is 47.5 Å². The van der Waals surface area contributed by atoms with Crippen LogP contribution < -0.4 is 18.9 Å². The topological polar surface area (TPSA) is 57.2 Å². The summed E-state index contributed by atoms with van der Waals surface area (Å²) in [6.07, 6.45) is -7.89. The Balaban J connectivity index is 0. The molecule has 17 heavy (non-hydrogen) atoms. The third-order valence-corrected chi connectivity index (χ3v) is 2.64. The first-order valence-corrected chi connectivity index (χ1v) is 6.27. The number of rotatable bonds is 8. The first-order valence-electron chi connectivity index (χ1n) is 4.69. The molecule has 0 aromatic heterocycles. The van der Waals surface area contributed by atoms with Crippen LogP contribution in [-0.2, 0) is 10.1 Å². The standard InChI is InChI=1S/C8H14F4O3S.Li/c9-4-2-1-3-6(10)8(12)7(11)5-16(13,14)15;/h6-8H,1-5H2,(H,13,14,15);/q;+1/p-1. The average Bonchev–Trinajstić information content (AvgIpc) is 2.14. The van der Waals surface area contributed by atoms with Gasteiger partial charge in [-0.15, -0.1) is 0 Å². The minimum atomic E-state index is -4.92. The van der Waals surface area contributed by atoms with E-state index in [1.165, 1.54) is 0 Å². The van der Waals surface area contributed by atoms with Crippen molar-refractivity contribution in [1.82, 2.24) is 0 Å². The maximum Gasteiger partial charge on any atom is 1.00 e. The Bertz CT molecular complexity index is 288. The molecule has 0 spiro atoms. The van der Waals surface area contributed by atoms with Crippen LogP contribution in [0.25, 0.3) is 0 Å². The van der Waals surface area contributed by atoms with E-state index in [2.05, 4.69) is 0 Å². The van der Waals surface area contributed by atoms with Crippen molar-refractivity contribution in [3.8, 4) is 0 Å². The van der Waals surface area contributed by atoms with Crippen molar-refractivity contribution in [2.75, 3.05) is 12.4 Å². The molecule has 3 nitrogen and oxygen atoms in total. The van der Waals surface area contributed by atoms with Crippen LogP contribution in [0.4, 0.5) is 17.6 Å². The fourth-order valence-corrected chi connectivity index (χ4v) is 1.68. The summed E-state index contributed by atoms with van der Waals surface area (Å²) in [5, 5.41) is 0. The zero-order valence-electron chi connectivity index (χ0n) is 9.41. The van der Waals surface area contributed by atoms with Gasteiger partial charge in [-0.25, -0.2) is 21.6 Å². The first-order chi connectivity index (χ1) is 7.28. The molecule has 0 aromatic rings. The van der Waals surface area contributed by atoms with Gasteiger partial charge in [-0.3, -0.25) is 4.39 Å². The van der Waals surface area contributed by atoms with Crippen molar-refractivity contribution in [2.24, 2.45) is 0 Å². The first kappa shape index (κ1) is 19.6. The van der Waals surface area contributed by atoms with Crippen molar-refractivity contribution in [2.45, 2.75) is 37.8 Å². The molecular formula is C8H13F4LiO3S.